The Morgan fingerprint density at radius 2 is 1.73 bits per heavy atom. The summed E-state index contributed by atoms with van der Waals surface area (Å²) in [7, 11) is 0. The van der Waals surface area contributed by atoms with Crippen molar-refractivity contribution in [2.45, 2.75) is 18.2 Å². The molecule has 0 radical (unpaired) electrons. The number of amides is 2. The zero-order valence-electron chi connectivity index (χ0n) is 17.2. The number of hydrogen-bond donors (Lipinski definition) is 1. The molecule has 4 rings (SSSR count). The fraction of sp³-hybridized carbons (Fsp3) is 0.125. The summed E-state index contributed by atoms with van der Waals surface area (Å²) in [6.45, 7) is 0.310. The number of carbonyl (C=O) groups is 2. The Balaban J connectivity index is 1.60. The van der Waals surface area contributed by atoms with E-state index in [1.54, 1.807) is 23.1 Å². The molecule has 1 fully saturated rings. The molecule has 0 saturated carbocycles. The molecule has 1 aliphatic heterocycles. The highest BCUT2D eigenvalue weighted by Crippen LogP contribution is 2.31. The molecule has 0 aliphatic carbocycles. The van der Waals surface area contributed by atoms with Gasteiger partial charge >= 0.3 is 0 Å². The first kappa shape index (κ1) is 23.3. The van der Waals surface area contributed by atoms with Gasteiger partial charge in [-0.05, 0) is 48.0 Å². The monoisotopic (exact) mass is 501 g/mol. The van der Waals surface area contributed by atoms with Gasteiger partial charge in [0.15, 0.2) is 5.17 Å². The summed E-state index contributed by atoms with van der Waals surface area (Å²) in [5, 5.41) is 3.20. The van der Waals surface area contributed by atoms with Crippen LogP contribution in [0.1, 0.15) is 12.0 Å². The first-order chi connectivity index (χ1) is 15.9. The number of nitrogens with one attached hydrogen (secondary N) is 1. The van der Waals surface area contributed by atoms with Gasteiger partial charge in [-0.25, -0.2) is 9.38 Å². The van der Waals surface area contributed by atoms with Crippen molar-refractivity contribution < 1.29 is 14.0 Å². The molecule has 1 atom stereocenters. The van der Waals surface area contributed by atoms with E-state index < -0.39 is 5.25 Å². The van der Waals surface area contributed by atoms with Crippen molar-refractivity contribution in [3.63, 3.8) is 0 Å². The van der Waals surface area contributed by atoms with Crippen molar-refractivity contribution in [1.82, 2.24) is 4.90 Å². The Morgan fingerprint density at radius 3 is 2.39 bits per heavy atom. The number of anilines is 1. The third-order valence-corrected chi connectivity index (χ3v) is 6.42. The molecule has 5 nitrogen and oxygen atoms in total. The SMILES string of the molecule is O=C(Nc1cc(Cl)cc(Cl)c1)C1CC(=O)N(Cc2ccccc2)C(=Nc2ccc(F)cc2)S1. The minimum absolute atomic E-state index is 0.0000687. The van der Waals surface area contributed by atoms with E-state index in [4.69, 9.17) is 23.2 Å². The lowest BCUT2D eigenvalue weighted by molar-refractivity contribution is -0.129. The first-order valence-electron chi connectivity index (χ1n) is 9.99. The minimum atomic E-state index is -0.707. The Kier molecular flexibility index (Phi) is 7.33. The van der Waals surface area contributed by atoms with Crippen LogP contribution in [0.4, 0.5) is 15.8 Å². The molecule has 1 unspecified atom stereocenters. The molecule has 3 aromatic carbocycles. The number of hydrogen-bond acceptors (Lipinski definition) is 4. The second-order valence-electron chi connectivity index (χ2n) is 7.29. The van der Waals surface area contributed by atoms with E-state index in [0.29, 0.717) is 33.1 Å². The van der Waals surface area contributed by atoms with Crippen LogP contribution in [0.2, 0.25) is 10.0 Å². The molecule has 1 heterocycles. The maximum Gasteiger partial charge on any atom is 0.238 e. The fourth-order valence-electron chi connectivity index (χ4n) is 3.24. The molecule has 1 aliphatic rings. The molecule has 1 saturated heterocycles. The summed E-state index contributed by atoms with van der Waals surface area (Å²) < 4.78 is 13.3. The van der Waals surface area contributed by atoms with E-state index in [1.807, 2.05) is 30.3 Å². The average Bonchev–Trinajstić information content (AvgIpc) is 2.77. The predicted molar refractivity (Wildman–Crippen MR) is 132 cm³/mol. The number of nitrogens with zero attached hydrogens (tertiary/aromatic N) is 2. The van der Waals surface area contributed by atoms with E-state index in [2.05, 4.69) is 10.3 Å². The lowest BCUT2D eigenvalue weighted by Gasteiger charge is -2.32. The molecule has 3 aromatic rings. The van der Waals surface area contributed by atoms with E-state index in [-0.39, 0.29) is 24.1 Å². The predicted octanol–water partition coefficient (Wildman–Crippen LogP) is 6.29. The van der Waals surface area contributed by atoms with Gasteiger partial charge in [0.05, 0.1) is 12.2 Å². The second kappa shape index (κ2) is 10.4. The molecule has 1 N–H and O–H groups in total. The Labute approximate surface area is 204 Å². The molecule has 168 valence electrons. The van der Waals surface area contributed by atoms with Crippen LogP contribution in [0, 0.1) is 5.82 Å². The Bertz CT molecular complexity index is 1190. The summed E-state index contributed by atoms with van der Waals surface area (Å²) in [4.78, 5) is 32.1. The van der Waals surface area contributed by atoms with Gasteiger partial charge in [0.25, 0.3) is 0 Å². The van der Waals surface area contributed by atoms with Crippen LogP contribution in [0.25, 0.3) is 0 Å². The number of thioether (sulfide) groups is 1. The highest BCUT2D eigenvalue weighted by Gasteiger charge is 2.36. The fourth-order valence-corrected chi connectivity index (χ4v) is 4.86. The van der Waals surface area contributed by atoms with Crippen molar-refractivity contribution in [2.24, 2.45) is 4.99 Å². The Hall–Kier alpha value is -2.87. The topological polar surface area (TPSA) is 61.8 Å². The maximum atomic E-state index is 13.3. The number of aliphatic imine (C=N–C) groups is 1. The van der Waals surface area contributed by atoms with Crippen LogP contribution in [0.3, 0.4) is 0 Å². The lowest BCUT2D eigenvalue weighted by atomic mass is 10.2. The standard InChI is InChI=1S/C24H18Cl2FN3O2S/c25-16-10-17(26)12-20(11-16)28-23(32)21-13-22(31)30(14-15-4-2-1-3-5-15)24(33-21)29-19-8-6-18(27)7-9-19/h1-12,21H,13-14H2,(H,28,32). The van der Waals surface area contributed by atoms with Crippen molar-refractivity contribution in [1.29, 1.82) is 0 Å². The smallest absolute Gasteiger partial charge is 0.238 e. The van der Waals surface area contributed by atoms with Crippen LogP contribution in [0.5, 0.6) is 0 Å². The molecule has 0 aromatic heterocycles. The van der Waals surface area contributed by atoms with Gasteiger partial charge in [-0.2, -0.15) is 0 Å². The normalized spacial score (nSPS) is 17.3. The van der Waals surface area contributed by atoms with Gasteiger partial charge in [-0.1, -0.05) is 65.3 Å². The van der Waals surface area contributed by atoms with E-state index in [1.165, 1.54) is 36.0 Å². The molecule has 0 bridgehead atoms. The molecule has 2 amide bonds. The Morgan fingerprint density at radius 1 is 1.06 bits per heavy atom. The van der Waals surface area contributed by atoms with E-state index in [0.717, 1.165) is 5.56 Å². The summed E-state index contributed by atoms with van der Waals surface area (Å²) >= 11 is 13.2. The number of amidine groups is 1. The minimum Gasteiger partial charge on any atom is -0.325 e. The van der Waals surface area contributed by atoms with Crippen molar-refractivity contribution in [2.75, 3.05) is 5.32 Å². The molecular formula is C24H18Cl2FN3O2S. The molecule has 33 heavy (non-hydrogen) atoms. The summed E-state index contributed by atoms with van der Waals surface area (Å²) in [5.41, 5.74) is 1.84. The summed E-state index contributed by atoms with van der Waals surface area (Å²) in [6.07, 6.45) is 0.0000687. The average molecular weight is 502 g/mol. The maximum absolute atomic E-state index is 13.3. The van der Waals surface area contributed by atoms with Gasteiger partial charge in [0, 0.05) is 22.2 Å². The van der Waals surface area contributed by atoms with E-state index in [9.17, 15) is 14.0 Å². The van der Waals surface area contributed by atoms with Crippen molar-refractivity contribution in [3.8, 4) is 0 Å². The van der Waals surface area contributed by atoms with Crippen LogP contribution >= 0.6 is 35.0 Å². The number of rotatable bonds is 5. The van der Waals surface area contributed by atoms with Gasteiger partial charge in [-0.15, -0.1) is 0 Å². The summed E-state index contributed by atoms with van der Waals surface area (Å²) in [6, 6.07) is 19.8. The largest absolute Gasteiger partial charge is 0.325 e. The highest BCUT2D eigenvalue weighted by atomic mass is 35.5. The third kappa shape index (κ3) is 6.13. The van der Waals surface area contributed by atoms with Crippen molar-refractivity contribution in [3.05, 3.63) is 94.2 Å². The zero-order valence-corrected chi connectivity index (χ0v) is 19.5. The quantitative estimate of drug-likeness (QED) is 0.446. The van der Waals surface area contributed by atoms with Crippen LogP contribution in [-0.4, -0.2) is 27.1 Å². The summed E-state index contributed by atoms with van der Waals surface area (Å²) in [5.74, 6) is -0.981. The zero-order chi connectivity index (χ0) is 23.4. The van der Waals surface area contributed by atoms with Crippen LogP contribution in [-0.2, 0) is 16.1 Å². The number of halogens is 3. The molecule has 0 spiro atoms. The van der Waals surface area contributed by atoms with Gasteiger partial charge in [0.2, 0.25) is 11.8 Å². The first-order valence-corrected chi connectivity index (χ1v) is 11.6. The highest BCUT2D eigenvalue weighted by molar-refractivity contribution is 8.15. The van der Waals surface area contributed by atoms with Crippen LogP contribution < -0.4 is 5.32 Å². The van der Waals surface area contributed by atoms with Crippen LogP contribution in [0.15, 0.2) is 77.8 Å². The van der Waals surface area contributed by atoms with E-state index >= 15 is 0 Å². The second-order valence-corrected chi connectivity index (χ2v) is 9.34. The number of benzene rings is 3. The third-order valence-electron chi connectivity index (χ3n) is 4.80. The van der Waals surface area contributed by atoms with Gasteiger partial charge in [0.1, 0.15) is 11.1 Å². The van der Waals surface area contributed by atoms with Gasteiger partial charge in [-0.3, -0.25) is 14.5 Å². The van der Waals surface area contributed by atoms with Crippen molar-refractivity contribution >= 4 is 63.3 Å². The lowest BCUT2D eigenvalue weighted by Crippen LogP contribution is -2.44. The molecule has 9 heteroatoms. The van der Waals surface area contributed by atoms with Gasteiger partial charge < -0.3 is 5.32 Å². The number of carbonyl (C=O) groups excluding carboxylic acids is 2. The molecular weight excluding hydrogens is 484 g/mol.